The second-order valence-corrected chi connectivity index (χ2v) is 10.6. The van der Waals surface area contributed by atoms with Crippen molar-refractivity contribution >= 4 is 46.0 Å². The molecule has 9 nitrogen and oxygen atoms in total. The minimum Gasteiger partial charge on any atom is -0.394 e. The zero-order valence-corrected chi connectivity index (χ0v) is 22.7. The Morgan fingerprint density at radius 1 is 1.16 bits per heavy atom. The molecular weight excluding hydrogens is 551 g/mol. The Morgan fingerprint density at radius 3 is 2.61 bits per heavy atom. The van der Waals surface area contributed by atoms with E-state index in [-0.39, 0.29) is 18.2 Å². The molecule has 3 aromatic rings. The van der Waals surface area contributed by atoms with Gasteiger partial charge in [-0.25, -0.2) is 14.4 Å². The number of nitrogens with one attached hydrogen (secondary N) is 2. The maximum Gasteiger partial charge on any atom is 0.255 e. The lowest BCUT2D eigenvalue weighted by Crippen LogP contribution is -2.55. The van der Waals surface area contributed by atoms with Crippen LogP contribution in [0.1, 0.15) is 39.1 Å². The molecule has 2 heterocycles. The Morgan fingerprint density at radius 2 is 1.92 bits per heavy atom. The second kappa shape index (κ2) is 12.8. The summed E-state index contributed by atoms with van der Waals surface area (Å²) in [5.74, 6) is -1.89. The average molecular weight is 577 g/mol. The van der Waals surface area contributed by atoms with E-state index < -0.39 is 47.4 Å². The topological polar surface area (TPSA) is 121 Å². The van der Waals surface area contributed by atoms with Crippen LogP contribution >= 0.6 is 23.2 Å². The van der Waals surface area contributed by atoms with Gasteiger partial charge in [-0.3, -0.25) is 19.4 Å². The van der Waals surface area contributed by atoms with Gasteiger partial charge in [0.2, 0.25) is 0 Å². The number of fused-ring (bicyclic) bond motifs is 1. The first kappa shape index (κ1) is 28.2. The first-order valence-corrected chi connectivity index (χ1v) is 14.0. The van der Waals surface area contributed by atoms with E-state index in [4.69, 9.17) is 28.0 Å². The van der Waals surface area contributed by atoms with Crippen LogP contribution in [0.2, 0.25) is 10.0 Å². The summed E-state index contributed by atoms with van der Waals surface area (Å²) in [5.41, 5.74) is 4.36. The molecule has 0 aliphatic carbocycles. The predicted molar refractivity (Wildman–Crippen MR) is 145 cm³/mol. The summed E-state index contributed by atoms with van der Waals surface area (Å²) < 4.78 is 14.5. The van der Waals surface area contributed by atoms with Gasteiger partial charge in [-0.1, -0.05) is 53.5 Å². The van der Waals surface area contributed by atoms with Crippen LogP contribution in [0.25, 0.3) is 0 Å². The normalized spacial score (nSPS) is 18.5. The van der Waals surface area contributed by atoms with Gasteiger partial charge in [0.1, 0.15) is 6.61 Å². The van der Waals surface area contributed by atoms with Gasteiger partial charge in [0.05, 0.1) is 41.3 Å². The SMILES string of the molecule is CS(=O)NC[C@@H](CO)N1C(=O)c2ccccc2C(C(=O)NOCc2ccccn2)C1c1ccc(Cl)cc1Cl. The number of carbonyl (C=O) groups excluding carboxylic acids is 2. The van der Waals surface area contributed by atoms with E-state index in [0.717, 1.165) is 0 Å². The van der Waals surface area contributed by atoms with Crippen LogP contribution < -0.4 is 10.2 Å². The Balaban J connectivity index is 1.78. The van der Waals surface area contributed by atoms with Crippen molar-refractivity contribution in [1.29, 1.82) is 0 Å². The van der Waals surface area contributed by atoms with E-state index in [1.165, 1.54) is 17.2 Å². The van der Waals surface area contributed by atoms with Gasteiger partial charge in [-0.2, -0.15) is 0 Å². The molecule has 4 rings (SSSR count). The number of hydrogen-bond acceptors (Lipinski definition) is 6. The van der Waals surface area contributed by atoms with E-state index >= 15 is 0 Å². The van der Waals surface area contributed by atoms with Crippen LogP contribution in [0, 0.1) is 0 Å². The van der Waals surface area contributed by atoms with Gasteiger partial charge in [-0.05, 0) is 41.5 Å². The van der Waals surface area contributed by atoms with E-state index in [1.807, 2.05) is 0 Å². The van der Waals surface area contributed by atoms with Gasteiger partial charge in [0.25, 0.3) is 11.8 Å². The molecule has 4 atom stereocenters. The van der Waals surface area contributed by atoms with Crippen molar-refractivity contribution in [2.24, 2.45) is 0 Å². The molecule has 0 saturated heterocycles. The monoisotopic (exact) mass is 576 g/mol. The number of amides is 2. The number of pyridine rings is 1. The highest BCUT2D eigenvalue weighted by atomic mass is 35.5. The van der Waals surface area contributed by atoms with Crippen LogP contribution in [0.3, 0.4) is 0 Å². The molecule has 0 saturated carbocycles. The molecule has 38 heavy (non-hydrogen) atoms. The van der Waals surface area contributed by atoms with Crippen LogP contribution in [-0.2, 0) is 27.2 Å². The van der Waals surface area contributed by atoms with Crippen molar-refractivity contribution in [2.45, 2.75) is 24.6 Å². The molecule has 2 aromatic carbocycles. The second-order valence-electron chi connectivity index (χ2n) is 8.60. The quantitative estimate of drug-likeness (QED) is 0.319. The molecule has 0 fully saturated rings. The molecule has 200 valence electrons. The van der Waals surface area contributed by atoms with Crippen molar-refractivity contribution in [3.8, 4) is 0 Å². The van der Waals surface area contributed by atoms with E-state index in [2.05, 4.69) is 15.2 Å². The largest absolute Gasteiger partial charge is 0.394 e. The van der Waals surface area contributed by atoms with Crippen molar-refractivity contribution in [3.05, 3.63) is 99.3 Å². The first-order chi connectivity index (χ1) is 18.3. The molecule has 3 N–H and O–H groups in total. The lowest BCUT2D eigenvalue weighted by atomic mass is 9.78. The summed E-state index contributed by atoms with van der Waals surface area (Å²) in [4.78, 5) is 38.7. The van der Waals surface area contributed by atoms with Gasteiger partial charge in [0.15, 0.2) is 0 Å². The molecule has 1 aromatic heterocycles. The molecule has 0 spiro atoms. The number of rotatable bonds is 10. The molecule has 1 aliphatic rings. The minimum absolute atomic E-state index is 0.0136. The van der Waals surface area contributed by atoms with Crippen LogP contribution in [0.5, 0.6) is 0 Å². The highest BCUT2D eigenvalue weighted by Gasteiger charge is 2.47. The van der Waals surface area contributed by atoms with Gasteiger partial charge in [0, 0.05) is 34.6 Å². The smallest absolute Gasteiger partial charge is 0.255 e. The number of carbonyl (C=O) groups is 2. The fraction of sp³-hybridized carbons (Fsp3) is 0.269. The van der Waals surface area contributed by atoms with Crippen molar-refractivity contribution in [3.63, 3.8) is 0 Å². The van der Waals surface area contributed by atoms with E-state index in [1.54, 1.807) is 60.8 Å². The van der Waals surface area contributed by atoms with Crippen molar-refractivity contribution < 1.29 is 23.7 Å². The fourth-order valence-corrected chi connectivity index (χ4v) is 5.45. The third-order valence-corrected chi connectivity index (χ3v) is 7.32. The van der Waals surface area contributed by atoms with Crippen LogP contribution in [0.4, 0.5) is 0 Å². The maximum absolute atomic E-state index is 13.9. The number of hydrogen-bond donors (Lipinski definition) is 3. The number of aliphatic hydroxyl groups is 1. The van der Waals surface area contributed by atoms with Gasteiger partial charge < -0.3 is 10.0 Å². The number of aromatic nitrogens is 1. The molecule has 0 bridgehead atoms. The summed E-state index contributed by atoms with van der Waals surface area (Å²) in [5, 5.41) is 10.9. The summed E-state index contributed by atoms with van der Waals surface area (Å²) >= 11 is 12.8. The van der Waals surface area contributed by atoms with Crippen LogP contribution in [-0.4, -0.2) is 56.5 Å². The molecular formula is C26H26Cl2N4O5S. The number of nitrogens with zero attached hydrogens (tertiary/aromatic N) is 2. The van der Waals surface area contributed by atoms with Crippen molar-refractivity contribution in [2.75, 3.05) is 19.4 Å². The lowest BCUT2D eigenvalue weighted by Gasteiger charge is -2.45. The lowest BCUT2D eigenvalue weighted by molar-refractivity contribution is -0.138. The van der Waals surface area contributed by atoms with Gasteiger partial charge in [-0.15, -0.1) is 0 Å². The number of aliphatic hydroxyl groups excluding tert-OH is 1. The number of halogens is 2. The summed E-state index contributed by atoms with van der Waals surface area (Å²) in [6.07, 6.45) is 3.07. The highest BCUT2D eigenvalue weighted by molar-refractivity contribution is 7.82. The van der Waals surface area contributed by atoms with Gasteiger partial charge >= 0.3 is 0 Å². The minimum atomic E-state index is -1.40. The first-order valence-electron chi connectivity index (χ1n) is 11.7. The van der Waals surface area contributed by atoms with E-state index in [9.17, 15) is 18.9 Å². The Labute approximate surface area is 232 Å². The average Bonchev–Trinajstić information content (AvgIpc) is 2.90. The Kier molecular flexibility index (Phi) is 9.48. The Hall–Kier alpha value is -2.86. The van der Waals surface area contributed by atoms with Crippen LogP contribution in [0.15, 0.2) is 66.9 Å². The molecule has 1 aliphatic heterocycles. The molecule has 12 heteroatoms. The zero-order valence-electron chi connectivity index (χ0n) is 20.3. The maximum atomic E-state index is 13.9. The molecule has 2 amide bonds. The fourth-order valence-electron chi connectivity index (χ4n) is 4.50. The Bertz CT molecular complexity index is 1330. The highest BCUT2D eigenvalue weighted by Crippen LogP contribution is 2.46. The predicted octanol–water partition coefficient (Wildman–Crippen LogP) is 3.16. The summed E-state index contributed by atoms with van der Waals surface area (Å²) in [7, 11) is -1.40. The molecule has 3 unspecified atom stereocenters. The standard InChI is InChI=1S/C26H26Cl2N4O5S/c1-38(36)30-13-18(14-33)32-24(21-10-9-16(27)12-22(21)28)23(19-7-2-3-8-20(19)26(32)35)25(34)31-37-15-17-6-4-5-11-29-17/h2-12,18,23-24,30,33H,13-15H2,1H3,(H,31,34)/t18-,23?,24?,38?/m0/s1. The van der Waals surface area contributed by atoms with Crippen molar-refractivity contribution in [1.82, 2.24) is 20.1 Å². The number of benzene rings is 2. The molecule has 0 radical (unpaired) electrons. The van der Waals surface area contributed by atoms with E-state index in [0.29, 0.717) is 27.4 Å². The third-order valence-electron chi connectivity index (χ3n) is 6.19. The third kappa shape index (κ3) is 6.23. The summed E-state index contributed by atoms with van der Waals surface area (Å²) in [6.45, 7) is -0.411. The summed E-state index contributed by atoms with van der Waals surface area (Å²) in [6, 6.07) is 15.1. The number of hydroxylamine groups is 1. The zero-order chi connectivity index (χ0) is 27.2.